The molecule has 3 N–H and O–H groups in total. The van der Waals surface area contributed by atoms with Gasteiger partial charge in [-0.2, -0.15) is 0 Å². The number of carbonyl (C=O) groups is 2. The van der Waals surface area contributed by atoms with Crippen LogP contribution in [0.15, 0.2) is 29.4 Å². The molecule has 0 spiro atoms. The molecule has 2 amide bonds. The quantitative estimate of drug-likeness (QED) is 0.0456. The largest absolute Gasteiger partial charge is 0.393 e. The third-order valence-electron chi connectivity index (χ3n) is 9.28. The van der Waals surface area contributed by atoms with E-state index in [0.29, 0.717) is 197 Å². The fourth-order valence-corrected chi connectivity index (χ4v) is 9.31. The Labute approximate surface area is 437 Å². The van der Waals surface area contributed by atoms with E-state index in [1.807, 2.05) is 25.1 Å². The molecular weight excluding hydrogens is 1020 g/mol. The number of ether oxygens (including phenoxy) is 12. The van der Waals surface area contributed by atoms with E-state index in [0.717, 1.165) is 30.0 Å². The first-order valence-electron chi connectivity index (χ1n) is 25.1. The summed E-state index contributed by atoms with van der Waals surface area (Å²) in [7, 11) is -2.22. The molecule has 0 radical (unpaired) electrons. The Hall–Kier alpha value is -1.35. The number of hydrogen-bond acceptors (Lipinski definition) is 22. The van der Waals surface area contributed by atoms with Crippen LogP contribution in [0.4, 0.5) is 0 Å². The molecular formula is C46H87N3O19P2S2. The molecule has 422 valence electrons. The van der Waals surface area contributed by atoms with Gasteiger partial charge in [-0.25, -0.2) is 4.98 Å². The summed E-state index contributed by atoms with van der Waals surface area (Å²) in [6.07, 6.45) is 5.97. The zero-order valence-corrected chi connectivity index (χ0v) is 46.2. The van der Waals surface area contributed by atoms with Crippen molar-refractivity contribution in [3.05, 3.63) is 24.4 Å². The first-order chi connectivity index (χ1) is 35.4. The van der Waals surface area contributed by atoms with Gasteiger partial charge in [-0.05, 0) is 48.6 Å². The highest BCUT2D eigenvalue weighted by molar-refractivity contribution is 8.76. The lowest BCUT2D eigenvalue weighted by Crippen LogP contribution is -2.26. The number of unbranched alkanes of at least 4 members (excludes halogenated alkanes) is 3. The van der Waals surface area contributed by atoms with Crippen molar-refractivity contribution in [3.8, 4) is 0 Å². The van der Waals surface area contributed by atoms with Crippen LogP contribution in [0.1, 0.15) is 58.3 Å². The number of pyridine rings is 1. The first-order valence-corrected chi connectivity index (χ1v) is 31.1. The Kier molecular flexibility index (Phi) is 53.3. The van der Waals surface area contributed by atoms with Gasteiger partial charge >= 0.3 is 0 Å². The lowest BCUT2D eigenvalue weighted by Gasteiger charge is -2.09. The van der Waals surface area contributed by atoms with Gasteiger partial charge in [0.1, 0.15) is 5.03 Å². The molecule has 1 aromatic rings. The zero-order valence-electron chi connectivity index (χ0n) is 42.6. The minimum absolute atomic E-state index is 0.0273. The van der Waals surface area contributed by atoms with Crippen LogP contribution in [0.25, 0.3) is 0 Å². The van der Waals surface area contributed by atoms with E-state index >= 15 is 0 Å². The molecule has 3 unspecified atom stereocenters. The van der Waals surface area contributed by atoms with Crippen LogP contribution in [0.5, 0.6) is 0 Å². The second-order valence-electron chi connectivity index (χ2n) is 15.2. The van der Waals surface area contributed by atoms with E-state index in [-0.39, 0.29) is 31.4 Å². The van der Waals surface area contributed by atoms with E-state index in [9.17, 15) is 23.8 Å². The van der Waals surface area contributed by atoms with Crippen molar-refractivity contribution in [2.24, 2.45) is 0 Å². The minimum Gasteiger partial charge on any atom is -0.393 e. The maximum Gasteiger partial charge on any atom is 0.270 e. The molecule has 1 rings (SSSR count). The van der Waals surface area contributed by atoms with E-state index in [4.69, 9.17) is 65.9 Å². The number of aliphatic hydroxyl groups is 1. The minimum atomic E-state index is -2.74. The van der Waals surface area contributed by atoms with Crippen LogP contribution in [-0.4, -0.2) is 219 Å². The maximum atomic E-state index is 12.0. The lowest BCUT2D eigenvalue weighted by molar-refractivity contribution is -0.123. The predicted molar refractivity (Wildman–Crippen MR) is 277 cm³/mol. The van der Waals surface area contributed by atoms with E-state index in [2.05, 4.69) is 15.6 Å². The van der Waals surface area contributed by atoms with Crippen LogP contribution in [0.2, 0.25) is 0 Å². The summed E-state index contributed by atoms with van der Waals surface area (Å²) in [5, 5.41) is 16.2. The Morgan fingerprint density at radius 3 is 1.28 bits per heavy atom. The van der Waals surface area contributed by atoms with Crippen molar-refractivity contribution in [2.75, 3.05) is 191 Å². The van der Waals surface area contributed by atoms with E-state index < -0.39 is 21.5 Å². The molecule has 0 aliphatic carbocycles. The SMILES string of the molecule is CCC(O)CCO[PH](=O)[PH](=O)OCCCCCCNC(=O)CCOCCOCCOCCOCCOCCOCCOCCOCCOCCOCCOCCOCCC(=O)NCCSSc1ccccn1. The van der Waals surface area contributed by atoms with Crippen molar-refractivity contribution in [2.45, 2.75) is 69.4 Å². The van der Waals surface area contributed by atoms with Crippen LogP contribution < -0.4 is 10.6 Å². The molecule has 26 heteroatoms. The van der Waals surface area contributed by atoms with E-state index in [1.54, 1.807) is 27.8 Å². The highest BCUT2D eigenvalue weighted by Gasteiger charge is 2.12. The second-order valence-corrected chi connectivity index (χ2v) is 21.8. The molecule has 1 aromatic heterocycles. The zero-order chi connectivity index (χ0) is 51.9. The van der Waals surface area contributed by atoms with Crippen molar-refractivity contribution >= 4 is 48.8 Å². The molecule has 0 saturated heterocycles. The number of nitrogens with zero attached hydrogens (tertiary/aromatic N) is 1. The molecule has 1 heterocycles. The average Bonchev–Trinajstić information content (AvgIpc) is 3.39. The molecule has 0 bridgehead atoms. The molecule has 22 nitrogen and oxygen atoms in total. The third kappa shape index (κ3) is 50.8. The summed E-state index contributed by atoms with van der Waals surface area (Å²) in [5.74, 6) is 0.697. The summed E-state index contributed by atoms with van der Waals surface area (Å²) in [5.41, 5.74) is 0. The number of aliphatic hydroxyl groups excluding tert-OH is 1. The monoisotopic (exact) mass is 1110 g/mol. The molecule has 3 atom stereocenters. The fraction of sp³-hybridized carbons (Fsp3) is 0.848. The Morgan fingerprint density at radius 2 is 0.889 bits per heavy atom. The smallest absolute Gasteiger partial charge is 0.270 e. The molecule has 0 fully saturated rings. The third-order valence-corrected chi connectivity index (χ3v) is 14.7. The van der Waals surface area contributed by atoms with Gasteiger partial charge in [-0.15, -0.1) is 0 Å². The van der Waals surface area contributed by atoms with Gasteiger partial charge < -0.3 is 81.6 Å². The fourth-order valence-electron chi connectivity index (χ4n) is 5.34. The summed E-state index contributed by atoms with van der Waals surface area (Å²) in [6, 6.07) is 5.79. The maximum absolute atomic E-state index is 12.0. The Morgan fingerprint density at radius 1 is 0.514 bits per heavy atom. The molecule has 0 aliphatic rings. The first kappa shape index (κ1) is 68.7. The summed E-state index contributed by atoms with van der Waals surface area (Å²) >= 11 is 0. The average molecular weight is 1110 g/mol. The van der Waals surface area contributed by atoms with Crippen LogP contribution in [0, 0.1) is 0 Å². The standard InChI is InChI=1S/C46H87N3O19P2S2/c1-2-43(50)10-19-68-70(54)69(53)67-16-8-4-3-6-13-47-44(51)11-17-55-20-22-57-24-26-59-28-30-61-32-34-63-36-38-65-40-41-66-39-37-64-35-33-62-31-29-60-27-25-58-23-21-56-18-12-45(52)48-15-42-71-72-46-9-5-7-14-49-46/h5,7,9,14,43,50,69-70H,2-4,6,8,10-13,15-42H2,1H3,(H,47,51)(H,48,52). The number of carbonyl (C=O) groups excluding carboxylic acids is 2. The van der Waals surface area contributed by atoms with Gasteiger partial charge in [0.2, 0.25) is 11.8 Å². The van der Waals surface area contributed by atoms with Gasteiger partial charge in [-0.3, -0.25) is 18.7 Å². The van der Waals surface area contributed by atoms with Crippen molar-refractivity contribution < 1.29 is 89.7 Å². The molecule has 0 aromatic carbocycles. The van der Waals surface area contributed by atoms with Gasteiger partial charge in [0.25, 0.3) is 15.4 Å². The van der Waals surface area contributed by atoms with Gasteiger partial charge in [0.05, 0.1) is 178 Å². The van der Waals surface area contributed by atoms with Crippen molar-refractivity contribution in [1.82, 2.24) is 15.6 Å². The highest BCUT2D eigenvalue weighted by Crippen LogP contribution is 2.53. The van der Waals surface area contributed by atoms with Crippen LogP contribution in [0.3, 0.4) is 0 Å². The predicted octanol–water partition coefficient (Wildman–Crippen LogP) is 4.65. The lowest BCUT2D eigenvalue weighted by atomic mass is 10.2. The molecule has 0 aliphatic heterocycles. The van der Waals surface area contributed by atoms with Crippen molar-refractivity contribution in [3.63, 3.8) is 0 Å². The number of hydrogen-bond donors (Lipinski definition) is 3. The summed E-state index contributed by atoms with van der Waals surface area (Å²) in [6.45, 7) is 14.0. The Balaban J connectivity index is 1.66. The van der Waals surface area contributed by atoms with Crippen LogP contribution >= 0.6 is 37.0 Å². The topological polar surface area (TPSA) is 255 Å². The van der Waals surface area contributed by atoms with Crippen molar-refractivity contribution in [1.29, 1.82) is 0 Å². The second kappa shape index (κ2) is 55.9. The normalized spacial score (nSPS) is 12.8. The van der Waals surface area contributed by atoms with Gasteiger partial charge in [0, 0.05) is 37.9 Å². The van der Waals surface area contributed by atoms with E-state index in [1.165, 1.54) is 0 Å². The van der Waals surface area contributed by atoms with Crippen LogP contribution in [-0.2, 0) is 84.6 Å². The number of amides is 2. The number of rotatable bonds is 58. The number of nitrogens with one attached hydrogen (secondary N) is 2. The summed E-state index contributed by atoms with van der Waals surface area (Å²) in [4.78, 5) is 28.1. The Bertz CT molecular complexity index is 1400. The molecule has 0 saturated carbocycles. The van der Waals surface area contributed by atoms with Gasteiger partial charge in [0.15, 0.2) is 0 Å². The molecule has 72 heavy (non-hydrogen) atoms. The highest BCUT2D eigenvalue weighted by atomic mass is 33.1. The number of aromatic nitrogens is 1. The summed E-state index contributed by atoms with van der Waals surface area (Å²) < 4.78 is 99.8. The van der Waals surface area contributed by atoms with Gasteiger partial charge in [-0.1, -0.05) is 36.6 Å².